The quantitative estimate of drug-likeness (QED) is 0.275. The lowest BCUT2D eigenvalue weighted by molar-refractivity contribution is 0.164. The van der Waals surface area contributed by atoms with Crippen LogP contribution in [-0.4, -0.2) is 73.7 Å². The maximum Gasteiger partial charge on any atom is 0.0868 e. The number of aliphatic imine (C=N–C) groups is 1. The Balaban J connectivity index is 1.51. The van der Waals surface area contributed by atoms with Gasteiger partial charge in [0.2, 0.25) is 0 Å². The zero-order valence-corrected chi connectivity index (χ0v) is 21.0. The van der Waals surface area contributed by atoms with Gasteiger partial charge >= 0.3 is 0 Å². The van der Waals surface area contributed by atoms with Gasteiger partial charge in [-0.1, -0.05) is 12.1 Å². The number of nitrogens with two attached hydrogens (primary N) is 1. The number of nitrogens with zero attached hydrogens (tertiary/aromatic N) is 3. The predicted octanol–water partition coefficient (Wildman–Crippen LogP) is 4.37. The van der Waals surface area contributed by atoms with Gasteiger partial charge in [0, 0.05) is 61.3 Å². The topological polar surface area (TPSA) is 108 Å². The number of hydrogen-bond acceptors (Lipinski definition) is 6. The number of benzene rings is 2. The van der Waals surface area contributed by atoms with E-state index in [0.717, 1.165) is 41.2 Å². The molecule has 0 amide bonds. The molecular weight excluding hydrogens is 434 g/mol. The Morgan fingerprint density at radius 3 is 2.86 bits per heavy atom. The van der Waals surface area contributed by atoms with E-state index < -0.39 is 0 Å². The van der Waals surface area contributed by atoms with Gasteiger partial charge in [-0.3, -0.25) is 10.4 Å². The SMILES string of the molecule is CN=CC(C=N)c1ccc(N)c(C(=N)c2cc3cc(CN(C)CC4CCCN(C)C4)ccc3[nH]2)c1. The third-order valence-electron chi connectivity index (χ3n) is 6.92. The van der Waals surface area contributed by atoms with Crippen molar-refractivity contribution >= 4 is 34.7 Å². The van der Waals surface area contributed by atoms with Gasteiger partial charge in [0.1, 0.15) is 0 Å². The van der Waals surface area contributed by atoms with Crippen molar-refractivity contribution in [2.75, 3.05) is 46.5 Å². The summed E-state index contributed by atoms with van der Waals surface area (Å²) in [5.41, 5.74) is 11.7. The first-order valence-electron chi connectivity index (χ1n) is 12.3. The molecule has 7 heteroatoms. The Bertz CT molecular complexity index is 1230. The van der Waals surface area contributed by atoms with Crippen LogP contribution >= 0.6 is 0 Å². The van der Waals surface area contributed by atoms with E-state index in [9.17, 15) is 0 Å². The van der Waals surface area contributed by atoms with E-state index in [4.69, 9.17) is 16.6 Å². The molecule has 4 rings (SSSR count). The summed E-state index contributed by atoms with van der Waals surface area (Å²) in [5.74, 6) is 0.502. The number of nitrogen functional groups attached to an aromatic ring is 1. The minimum absolute atomic E-state index is 0.233. The van der Waals surface area contributed by atoms with E-state index in [1.807, 2.05) is 18.2 Å². The zero-order chi connectivity index (χ0) is 24.9. The van der Waals surface area contributed by atoms with Crippen LogP contribution in [0.15, 0.2) is 47.5 Å². The average molecular weight is 472 g/mol. The second kappa shape index (κ2) is 11.0. The Kier molecular flexibility index (Phi) is 7.78. The summed E-state index contributed by atoms with van der Waals surface area (Å²) in [4.78, 5) is 12.3. The van der Waals surface area contributed by atoms with Crippen molar-refractivity contribution in [1.82, 2.24) is 14.8 Å². The second-order valence-electron chi connectivity index (χ2n) is 9.89. The molecule has 0 spiro atoms. The van der Waals surface area contributed by atoms with Crippen LogP contribution in [-0.2, 0) is 6.54 Å². The van der Waals surface area contributed by atoms with Crippen molar-refractivity contribution < 1.29 is 0 Å². The molecule has 3 aromatic rings. The smallest absolute Gasteiger partial charge is 0.0868 e. The highest BCUT2D eigenvalue weighted by Gasteiger charge is 2.19. The number of hydrogen-bond donors (Lipinski definition) is 4. The number of likely N-dealkylation sites (tertiary alicyclic amines) is 1. The summed E-state index contributed by atoms with van der Waals surface area (Å²) in [6.45, 7) is 4.42. The molecule has 35 heavy (non-hydrogen) atoms. The highest BCUT2D eigenvalue weighted by molar-refractivity contribution is 6.14. The van der Waals surface area contributed by atoms with Crippen LogP contribution in [0.5, 0.6) is 0 Å². The van der Waals surface area contributed by atoms with Crippen LogP contribution in [0, 0.1) is 16.7 Å². The molecule has 1 aliphatic heterocycles. The van der Waals surface area contributed by atoms with E-state index in [-0.39, 0.29) is 5.92 Å². The zero-order valence-electron chi connectivity index (χ0n) is 21.0. The molecule has 0 aliphatic carbocycles. The fourth-order valence-corrected chi connectivity index (χ4v) is 5.18. The molecule has 5 N–H and O–H groups in total. The number of H-pyrrole nitrogens is 1. The van der Waals surface area contributed by atoms with Crippen molar-refractivity contribution in [3.05, 3.63) is 64.8 Å². The number of aromatic amines is 1. The molecule has 0 saturated carbocycles. The third kappa shape index (κ3) is 5.86. The van der Waals surface area contributed by atoms with Crippen LogP contribution in [0.2, 0.25) is 0 Å². The minimum atomic E-state index is -0.233. The summed E-state index contributed by atoms with van der Waals surface area (Å²) in [7, 11) is 6.12. The number of fused-ring (bicyclic) bond motifs is 1. The summed E-state index contributed by atoms with van der Waals surface area (Å²) >= 11 is 0. The maximum absolute atomic E-state index is 8.85. The van der Waals surface area contributed by atoms with Crippen LogP contribution in [0.1, 0.15) is 41.1 Å². The highest BCUT2D eigenvalue weighted by atomic mass is 15.1. The second-order valence-corrected chi connectivity index (χ2v) is 9.89. The molecule has 1 saturated heterocycles. The van der Waals surface area contributed by atoms with Crippen LogP contribution in [0.4, 0.5) is 5.69 Å². The van der Waals surface area contributed by atoms with Gasteiger partial charge in [-0.25, -0.2) is 0 Å². The molecule has 1 fully saturated rings. The number of nitrogens with one attached hydrogen (secondary N) is 3. The van der Waals surface area contributed by atoms with E-state index in [0.29, 0.717) is 17.0 Å². The molecule has 2 unspecified atom stereocenters. The molecule has 0 bridgehead atoms. The van der Waals surface area contributed by atoms with E-state index in [2.05, 4.69) is 52.1 Å². The lowest BCUT2D eigenvalue weighted by Crippen LogP contribution is -2.37. The van der Waals surface area contributed by atoms with Gasteiger partial charge in [-0.2, -0.15) is 0 Å². The van der Waals surface area contributed by atoms with Crippen LogP contribution in [0.25, 0.3) is 10.9 Å². The number of aromatic nitrogens is 1. The first-order chi connectivity index (χ1) is 16.9. The maximum atomic E-state index is 8.85. The van der Waals surface area contributed by atoms with Gasteiger partial charge in [-0.15, -0.1) is 0 Å². The number of piperidine rings is 1. The molecule has 1 aromatic heterocycles. The fraction of sp³-hybridized carbons (Fsp3) is 0.393. The predicted molar refractivity (Wildman–Crippen MR) is 148 cm³/mol. The van der Waals surface area contributed by atoms with Gasteiger partial charge in [0.25, 0.3) is 0 Å². The average Bonchev–Trinajstić information content (AvgIpc) is 3.26. The van der Waals surface area contributed by atoms with Crippen molar-refractivity contribution in [1.29, 1.82) is 10.8 Å². The molecule has 2 atom stereocenters. The minimum Gasteiger partial charge on any atom is -0.398 e. The number of anilines is 1. The Hall–Kier alpha value is -3.29. The first-order valence-corrected chi connectivity index (χ1v) is 12.3. The van der Waals surface area contributed by atoms with Crippen molar-refractivity contribution in [3.8, 4) is 0 Å². The number of rotatable bonds is 9. The van der Waals surface area contributed by atoms with Crippen LogP contribution < -0.4 is 5.73 Å². The fourth-order valence-electron chi connectivity index (χ4n) is 5.18. The van der Waals surface area contributed by atoms with E-state index in [1.54, 1.807) is 19.3 Å². The largest absolute Gasteiger partial charge is 0.398 e. The molecule has 2 heterocycles. The molecular formula is C28H37N7. The summed E-state index contributed by atoms with van der Waals surface area (Å²) in [6, 6.07) is 14.1. The summed E-state index contributed by atoms with van der Waals surface area (Å²) < 4.78 is 0. The molecule has 184 valence electrons. The van der Waals surface area contributed by atoms with Crippen molar-refractivity contribution in [2.24, 2.45) is 10.9 Å². The van der Waals surface area contributed by atoms with Gasteiger partial charge < -0.3 is 25.9 Å². The van der Waals surface area contributed by atoms with Gasteiger partial charge in [0.15, 0.2) is 0 Å². The van der Waals surface area contributed by atoms with Crippen molar-refractivity contribution in [3.63, 3.8) is 0 Å². The summed E-state index contributed by atoms with van der Waals surface area (Å²) in [6.07, 6.45) is 5.67. The Labute approximate surface area is 208 Å². The first kappa shape index (κ1) is 24.8. The lowest BCUT2D eigenvalue weighted by atomic mass is 9.95. The van der Waals surface area contributed by atoms with E-state index in [1.165, 1.54) is 37.7 Å². The van der Waals surface area contributed by atoms with E-state index >= 15 is 0 Å². The van der Waals surface area contributed by atoms with Gasteiger partial charge in [-0.05, 0) is 80.9 Å². The molecule has 7 nitrogen and oxygen atoms in total. The third-order valence-corrected chi connectivity index (χ3v) is 6.92. The Morgan fingerprint density at radius 1 is 1.29 bits per heavy atom. The standard InChI is InChI=1S/C28H37N7/c1-32-15-23(14-29)21-7-8-25(30)24(12-21)28(31)27-13-22-11-19(6-9-26(22)33-27)16-35(3)18-20-5-4-10-34(2)17-20/h6-9,11-15,20,23,29,31,33H,4-5,10,16-18,30H2,1-3H3. The lowest BCUT2D eigenvalue weighted by Gasteiger charge is -2.32. The summed E-state index contributed by atoms with van der Waals surface area (Å²) in [5, 5.41) is 17.7. The normalized spacial score (nSPS) is 17.9. The molecule has 0 radical (unpaired) electrons. The molecule has 2 aromatic carbocycles. The van der Waals surface area contributed by atoms with Crippen LogP contribution in [0.3, 0.4) is 0 Å². The highest BCUT2D eigenvalue weighted by Crippen LogP contribution is 2.25. The Morgan fingerprint density at radius 2 is 2.11 bits per heavy atom. The van der Waals surface area contributed by atoms with Gasteiger partial charge in [0.05, 0.1) is 17.3 Å². The molecule has 1 aliphatic rings. The van der Waals surface area contributed by atoms with Crippen molar-refractivity contribution in [2.45, 2.75) is 25.3 Å². The monoisotopic (exact) mass is 471 g/mol.